The molecule has 2 aromatic carbocycles. The highest BCUT2D eigenvalue weighted by Gasteiger charge is 2.26. The molecule has 0 bridgehead atoms. The van der Waals surface area contributed by atoms with Gasteiger partial charge in [0.05, 0.1) is 29.8 Å². The van der Waals surface area contributed by atoms with E-state index in [0.29, 0.717) is 19.8 Å². The van der Waals surface area contributed by atoms with Crippen LogP contribution in [0.4, 0.5) is 10.1 Å². The van der Waals surface area contributed by atoms with Crippen molar-refractivity contribution in [1.29, 1.82) is 0 Å². The highest BCUT2D eigenvalue weighted by molar-refractivity contribution is 6.33. The lowest BCUT2D eigenvalue weighted by molar-refractivity contribution is 0.0162. The zero-order valence-corrected chi connectivity index (χ0v) is 17.9. The van der Waals surface area contributed by atoms with Crippen molar-refractivity contribution in [2.45, 2.75) is 18.9 Å². The van der Waals surface area contributed by atoms with Crippen LogP contribution in [0.15, 0.2) is 36.4 Å². The van der Waals surface area contributed by atoms with Crippen LogP contribution in [0.1, 0.15) is 33.9 Å². The van der Waals surface area contributed by atoms with Crippen LogP contribution in [0.2, 0.25) is 5.02 Å². The fourth-order valence-corrected chi connectivity index (χ4v) is 4.60. The minimum Gasteiger partial charge on any atom is -0.379 e. The van der Waals surface area contributed by atoms with E-state index < -0.39 is 11.7 Å². The number of hydrogen-bond donors (Lipinski definition) is 1. The molecule has 0 aliphatic carbocycles. The van der Waals surface area contributed by atoms with Crippen molar-refractivity contribution in [3.63, 3.8) is 0 Å². The predicted octanol–water partition coefficient (Wildman–Crippen LogP) is 3.66. The first kappa shape index (κ1) is 21.1. The quantitative estimate of drug-likeness (QED) is 0.784. The summed E-state index contributed by atoms with van der Waals surface area (Å²) in [6, 6.07) is 10.8. The van der Waals surface area contributed by atoms with E-state index in [0.717, 1.165) is 38.0 Å². The number of benzene rings is 2. The van der Waals surface area contributed by atoms with Gasteiger partial charge in [-0.2, -0.15) is 0 Å². The molecule has 5 nitrogen and oxygen atoms in total. The number of morpholine rings is 1. The topological polar surface area (TPSA) is 44.8 Å². The van der Waals surface area contributed by atoms with Crippen molar-refractivity contribution in [3.8, 4) is 0 Å². The molecule has 0 saturated carbocycles. The Bertz CT molecular complexity index is 897. The Morgan fingerprint density at radius 2 is 2.03 bits per heavy atom. The van der Waals surface area contributed by atoms with Gasteiger partial charge in [0.15, 0.2) is 0 Å². The Morgan fingerprint density at radius 1 is 1.23 bits per heavy atom. The van der Waals surface area contributed by atoms with Crippen LogP contribution in [0, 0.1) is 5.82 Å². The lowest BCUT2D eigenvalue weighted by Gasteiger charge is -2.36. The number of nitrogens with one attached hydrogen (secondary N) is 1. The van der Waals surface area contributed by atoms with Gasteiger partial charge in [0, 0.05) is 38.9 Å². The van der Waals surface area contributed by atoms with E-state index in [1.54, 1.807) is 0 Å². The van der Waals surface area contributed by atoms with Crippen molar-refractivity contribution in [2.24, 2.45) is 0 Å². The summed E-state index contributed by atoms with van der Waals surface area (Å²) in [5.41, 5.74) is 3.66. The molecule has 1 amide bonds. The lowest BCUT2D eigenvalue weighted by atomic mass is 9.95. The number of aryl methyl sites for hydroxylation is 1. The molecule has 0 unspecified atom stereocenters. The minimum absolute atomic E-state index is 0.0130. The molecule has 2 aliphatic heterocycles. The zero-order valence-electron chi connectivity index (χ0n) is 17.2. The molecule has 1 saturated heterocycles. The van der Waals surface area contributed by atoms with Crippen molar-refractivity contribution in [2.75, 3.05) is 51.3 Å². The molecule has 1 N–H and O–H groups in total. The van der Waals surface area contributed by atoms with Crippen LogP contribution in [0.5, 0.6) is 0 Å². The number of carbonyl (C=O) groups excluding carboxylic acids is 1. The zero-order chi connectivity index (χ0) is 21.1. The smallest absolute Gasteiger partial charge is 0.255 e. The van der Waals surface area contributed by atoms with E-state index in [1.807, 2.05) is 0 Å². The van der Waals surface area contributed by atoms with Crippen LogP contribution in [0.25, 0.3) is 0 Å². The van der Waals surface area contributed by atoms with E-state index in [2.05, 4.69) is 40.4 Å². The van der Waals surface area contributed by atoms with Gasteiger partial charge in [-0.05, 0) is 42.2 Å². The third kappa shape index (κ3) is 4.46. The Kier molecular flexibility index (Phi) is 6.56. The second-order valence-corrected chi connectivity index (χ2v) is 8.29. The number of fused-ring (bicyclic) bond motifs is 1. The van der Waals surface area contributed by atoms with Crippen LogP contribution >= 0.6 is 11.6 Å². The first-order valence-electron chi connectivity index (χ1n) is 10.4. The molecule has 1 fully saturated rings. The summed E-state index contributed by atoms with van der Waals surface area (Å²) in [7, 11) is 2.12. The van der Waals surface area contributed by atoms with Gasteiger partial charge in [0.1, 0.15) is 5.82 Å². The van der Waals surface area contributed by atoms with Gasteiger partial charge < -0.3 is 15.0 Å². The molecule has 4 rings (SSSR count). The number of amides is 1. The van der Waals surface area contributed by atoms with Gasteiger partial charge in [0.2, 0.25) is 0 Å². The Morgan fingerprint density at radius 3 is 2.80 bits per heavy atom. The summed E-state index contributed by atoms with van der Waals surface area (Å²) in [5.74, 6) is -1.10. The van der Waals surface area contributed by atoms with Crippen molar-refractivity contribution in [1.82, 2.24) is 10.2 Å². The molecule has 2 aromatic rings. The molecule has 0 radical (unpaired) electrons. The Labute approximate surface area is 181 Å². The largest absolute Gasteiger partial charge is 0.379 e. The summed E-state index contributed by atoms with van der Waals surface area (Å²) in [6.07, 6.45) is 2.19. The maximum absolute atomic E-state index is 14.2. The number of hydrogen-bond acceptors (Lipinski definition) is 4. The van der Waals surface area contributed by atoms with Crippen molar-refractivity contribution in [3.05, 3.63) is 63.9 Å². The van der Waals surface area contributed by atoms with Crippen molar-refractivity contribution < 1.29 is 13.9 Å². The molecule has 2 aliphatic rings. The second kappa shape index (κ2) is 9.33. The Hall–Kier alpha value is -2.15. The molecule has 160 valence electrons. The van der Waals surface area contributed by atoms with E-state index in [9.17, 15) is 9.18 Å². The third-order valence-electron chi connectivity index (χ3n) is 5.97. The fourth-order valence-electron chi connectivity index (χ4n) is 4.35. The summed E-state index contributed by atoms with van der Waals surface area (Å²) in [6.45, 7) is 4.35. The van der Waals surface area contributed by atoms with Crippen LogP contribution in [-0.2, 0) is 11.2 Å². The number of rotatable bonds is 5. The fraction of sp³-hybridized carbons (Fsp3) is 0.435. The lowest BCUT2D eigenvalue weighted by Crippen LogP contribution is -2.44. The predicted molar refractivity (Wildman–Crippen MR) is 117 cm³/mol. The molecule has 1 atom stereocenters. The van der Waals surface area contributed by atoms with Gasteiger partial charge in [0.25, 0.3) is 5.91 Å². The van der Waals surface area contributed by atoms with Crippen molar-refractivity contribution >= 4 is 23.2 Å². The molecular formula is C23H27ClFN3O2. The number of ether oxygens (including phenoxy) is 1. The Balaban J connectivity index is 1.57. The minimum atomic E-state index is -0.611. The molecule has 7 heteroatoms. The van der Waals surface area contributed by atoms with E-state index in [-0.39, 0.29) is 16.6 Å². The molecule has 2 heterocycles. The number of anilines is 1. The number of nitrogens with zero attached hydrogens (tertiary/aromatic N) is 2. The highest BCUT2D eigenvalue weighted by atomic mass is 35.5. The maximum Gasteiger partial charge on any atom is 0.255 e. The standard InChI is InChI=1S/C23H27ClFN3O2/c1-27-9-3-4-16-14-17(7-8-20(16)27)21(28-10-12-30-13-11-28)15-26-23(29)22-18(24)5-2-6-19(22)25/h2,5-8,14,21H,3-4,9-13,15H2,1H3,(H,26,29)/t21-/m1/s1. The van der Waals surface area contributed by atoms with Gasteiger partial charge in [-0.1, -0.05) is 29.8 Å². The van der Waals surface area contributed by atoms with Gasteiger partial charge >= 0.3 is 0 Å². The second-order valence-electron chi connectivity index (χ2n) is 7.88. The highest BCUT2D eigenvalue weighted by Crippen LogP contribution is 2.31. The average Bonchev–Trinajstić information content (AvgIpc) is 2.75. The third-order valence-corrected chi connectivity index (χ3v) is 6.29. The molecule has 0 aromatic heterocycles. The number of halogens is 2. The molecule has 0 spiro atoms. The molecule has 30 heavy (non-hydrogen) atoms. The summed E-state index contributed by atoms with van der Waals surface area (Å²) < 4.78 is 19.7. The SMILES string of the molecule is CN1CCCc2cc([C@@H](CNC(=O)c3c(F)cccc3Cl)N3CCOCC3)ccc21. The maximum atomic E-state index is 14.2. The van der Waals surface area contributed by atoms with Gasteiger partial charge in [-0.3, -0.25) is 9.69 Å². The monoisotopic (exact) mass is 431 g/mol. The first-order valence-corrected chi connectivity index (χ1v) is 10.8. The van der Waals surface area contributed by atoms with Gasteiger partial charge in [-0.15, -0.1) is 0 Å². The van der Waals surface area contributed by atoms with Crippen LogP contribution in [-0.4, -0.2) is 57.2 Å². The number of carbonyl (C=O) groups is 1. The van der Waals surface area contributed by atoms with Crippen LogP contribution < -0.4 is 10.2 Å². The molecular weight excluding hydrogens is 405 g/mol. The van der Waals surface area contributed by atoms with E-state index >= 15 is 0 Å². The van der Waals surface area contributed by atoms with Gasteiger partial charge in [-0.25, -0.2) is 4.39 Å². The summed E-state index contributed by atoms with van der Waals surface area (Å²) in [5, 5.41) is 3.03. The van der Waals surface area contributed by atoms with E-state index in [1.165, 1.54) is 29.4 Å². The normalized spacial score (nSPS) is 18.0. The summed E-state index contributed by atoms with van der Waals surface area (Å²) in [4.78, 5) is 17.3. The van der Waals surface area contributed by atoms with Crippen LogP contribution in [0.3, 0.4) is 0 Å². The average molecular weight is 432 g/mol. The first-order chi connectivity index (χ1) is 14.5. The van der Waals surface area contributed by atoms with E-state index in [4.69, 9.17) is 16.3 Å². The summed E-state index contributed by atoms with van der Waals surface area (Å²) >= 11 is 6.07.